The van der Waals surface area contributed by atoms with Gasteiger partial charge in [-0.1, -0.05) is 6.07 Å². The Morgan fingerprint density at radius 1 is 1.35 bits per heavy atom. The lowest BCUT2D eigenvalue weighted by Crippen LogP contribution is -2.14. The number of hydrogen-bond donors (Lipinski definition) is 1. The minimum Gasteiger partial charge on any atom is -0.422 e. The van der Waals surface area contributed by atoms with Crippen LogP contribution in [-0.2, 0) is 13.2 Å². The van der Waals surface area contributed by atoms with Gasteiger partial charge in [-0.3, -0.25) is 4.68 Å². The Bertz CT molecular complexity index is 650. The second-order valence-corrected chi connectivity index (χ2v) is 3.99. The first-order valence-corrected chi connectivity index (χ1v) is 5.46. The zero-order valence-electron chi connectivity index (χ0n) is 10.3. The maximum Gasteiger partial charge on any atom is 0.416 e. The van der Waals surface area contributed by atoms with Crippen LogP contribution in [0.3, 0.4) is 0 Å². The van der Waals surface area contributed by atoms with E-state index in [4.69, 9.17) is 10.5 Å². The van der Waals surface area contributed by atoms with Crippen molar-refractivity contribution in [1.29, 1.82) is 0 Å². The van der Waals surface area contributed by atoms with E-state index in [-0.39, 0.29) is 17.3 Å². The Morgan fingerprint density at radius 2 is 2.05 bits per heavy atom. The second kappa shape index (κ2) is 4.87. The molecule has 0 radical (unpaired) electrons. The highest BCUT2D eigenvalue weighted by atomic mass is 19.4. The molecule has 2 aromatic rings. The summed E-state index contributed by atoms with van der Waals surface area (Å²) in [7, 11) is 1.47. The number of nitrogens with two attached hydrogens (primary N) is 1. The number of esters is 1. The molecule has 106 valence electrons. The minimum absolute atomic E-state index is 0.0416. The van der Waals surface area contributed by atoms with Crippen LogP contribution in [0.5, 0.6) is 5.75 Å². The van der Waals surface area contributed by atoms with Crippen LogP contribution < -0.4 is 10.5 Å². The van der Waals surface area contributed by atoms with Crippen molar-refractivity contribution >= 4 is 11.8 Å². The quantitative estimate of drug-likeness (QED) is 0.678. The molecule has 0 fully saturated rings. The summed E-state index contributed by atoms with van der Waals surface area (Å²) < 4.78 is 43.6. The van der Waals surface area contributed by atoms with Gasteiger partial charge in [0, 0.05) is 13.1 Å². The second-order valence-electron chi connectivity index (χ2n) is 3.99. The molecule has 0 saturated carbocycles. The number of anilines is 1. The summed E-state index contributed by atoms with van der Waals surface area (Å²) in [5, 5.41) is 3.74. The van der Waals surface area contributed by atoms with Gasteiger partial charge in [0.15, 0.2) is 0 Å². The third-order valence-corrected chi connectivity index (χ3v) is 2.48. The number of nitrogens with zero attached hydrogens (tertiary/aromatic N) is 2. The predicted octanol–water partition coefficient (Wildman–Crippen LogP) is 2.24. The Labute approximate surface area is 111 Å². The zero-order valence-corrected chi connectivity index (χ0v) is 10.3. The molecule has 0 aliphatic carbocycles. The van der Waals surface area contributed by atoms with Crippen LogP contribution in [-0.4, -0.2) is 15.7 Å². The number of benzene rings is 1. The molecule has 0 amide bonds. The number of rotatable bonds is 2. The van der Waals surface area contributed by atoms with Crippen molar-refractivity contribution in [2.24, 2.45) is 7.05 Å². The molecule has 0 aliphatic rings. The van der Waals surface area contributed by atoms with Gasteiger partial charge in [0.25, 0.3) is 0 Å². The molecule has 0 saturated heterocycles. The first kappa shape index (κ1) is 13.9. The van der Waals surface area contributed by atoms with E-state index < -0.39 is 17.7 Å². The fourth-order valence-electron chi connectivity index (χ4n) is 1.58. The van der Waals surface area contributed by atoms with Gasteiger partial charge in [0.1, 0.15) is 17.3 Å². The number of aromatic nitrogens is 2. The Morgan fingerprint density at radius 3 is 2.60 bits per heavy atom. The van der Waals surface area contributed by atoms with Gasteiger partial charge in [0.05, 0.1) is 5.56 Å². The highest BCUT2D eigenvalue weighted by Crippen LogP contribution is 2.31. The third-order valence-electron chi connectivity index (χ3n) is 2.48. The average molecular weight is 285 g/mol. The lowest BCUT2D eigenvalue weighted by Gasteiger charge is -2.09. The normalized spacial score (nSPS) is 11.4. The first-order valence-electron chi connectivity index (χ1n) is 5.46. The SMILES string of the molecule is Cn1nc(N)cc1C(=O)Oc1cccc(C(F)(F)F)c1. The van der Waals surface area contributed by atoms with E-state index in [9.17, 15) is 18.0 Å². The molecule has 2 N–H and O–H groups in total. The molecule has 0 atom stereocenters. The Balaban J connectivity index is 2.22. The molecule has 0 spiro atoms. The maximum absolute atomic E-state index is 12.5. The Hall–Kier alpha value is -2.51. The van der Waals surface area contributed by atoms with Gasteiger partial charge >= 0.3 is 12.1 Å². The van der Waals surface area contributed by atoms with Crippen LogP contribution >= 0.6 is 0 Å². The fraction of sp³-hybridized carbons (Fsp3) is 0.167. The van der Waals surface area contributed by atoms with Gasteiger partial charge in [-0.25, -0.2) is 4.79 Å². The van der Waals surface area contributed by atoms with Crippen LogP contribution in [0.2, 0.25) is 0 Å². The molecule has 2 rings (SSSR count). The first-order chi connectivity index (χ1) is 9.27. The van der Waals surface area contributed by atoms with E-state index in [0.717, 1.165) is 18.2 Å². The number of hydrogen-bond acceptors (Lipinski definition) is 4. The fourth-order valence-corrected chi connectivity index (χ4v) is 1.58. The van der Waals surface area contributed by atoms with E-state index in [2.05, 4.69) is 5.10 Å². The van der Waals surface area contributed by atoms with Gasteiger partial charge in [0.2, 0.25) is 0 Å². The third kappa shape index (κ3) is 2.90. The lowest BCUT2D eigenvalue weighted by molar-refractivity contribution is -0.137. The monoisotopic (exact) mass is 285 g/mol. The van der Waals surface area contributed by atoms with Gasteiger partial charge in [-0.2, -0.15) is 18.3 Å². The van der Waals surface area contributed by atoms with Crippen molar-refractivity contribution in [3.05, 3.63) is 41.6 Å². The van der Waals surface area contributed by atoms with Crippen molar-refractivity contribution in [2.75, 3.05) is 5.73 Å². The topological polar surface area (TPSA) is 70.1 Å². The lowest BCUT2D eigenvalue weighted by atomic mass is 10.2. The molecule has 0 unspecified atom stereocenters. The molecule has 1 heterocycles. The average Bonchev–Trinajstić information content (AvgIpc) is 2.68. The van der Waals surface area contributed by atoms with E-state index in [1.807, 2.05) is 0 Å². The minimum atomic E-state index is -4.50. The smallest absolute Gasteiger partial charge is 0.416 e. The van der Waals surface area contributed by atoms with Crippen LogP contribution in [0.15, 0.2) is 30.3 Å². The van der Waals surface area contributed by atoms with E-state index in [1.165, 1.54) is 23.9 Å². The van der Waals surface area contributed by atoms with Crippen molar-refractivity contribution < 1.29 is 22.7 Å². The highest BCUT2D eigenvalue weighted by molar-refractivity contribution is 5.90. The summed E-state index contributed by atoms with van der Waals surface area (Å²) in [6.45, 7) is 0. The molecular formula is C12H10F3N3O2. The summed E-state index contributed by atoms with van der Waals surface area (Å²) in [6, 6.07) is 5.32. The molecule has 1 aromatic carbocycles. The standard InChI is InChI=1S/C12H10F3N3O2/c1-18-9(6-10(16)17-18)11(19)20-8-4-2-3-7(5-8)12(13,14)15/h2-6H,1H3,(H2,16,17). The van der Waals surface area contributed by atoms with Crippen molar-refractivity contribution in [1.82, 2.24) is 9.78 Å². The van der Waals surface area contributed by atoms with Crippen LogP contribution in [0, 0.1) is 0 Å². The molecular weight excluding hydrogens is 275 g/mol. The molecule has 0 aliphatic heterocycles. The predicted molar refractivity (Wildman–Crippen MR) is 64.0 cm³/mol. The molecule has 0 bridgehead atoms. The number of nitrogen functional groups attached to an aromatic ring is 1. The van der Waals surface area contributed by atoms with Crippen LogP contribution in [0.1, 0.15) is 16.1 Å². The summed E-state index contributed by atoms with van der Waals surface area (Å²) in [4.78, 5) is 11.8. The highest BCUT2D eigenvalue weighted by Gasteiger charge is 2.30. The number of aryl methyl sites for hydroxylation is 1. The van der Waals surface area contributed by atoms with Gasteiger partial charge in [-0.15, -0.1) is 0 Å². The van der Waals surface area contributed by atoms with E-state index in [0.29, 0.717) is 0 Å². The molecule has 8 heteroatoms. The van der Waals surface area contributed by atoms with Crippen molar-refractivity contribution in [3.63, 3.8) is 0 Å². The van der Waals surface area contributed by atoms with Crippen LogP contribution in [0.25, 0.3) is 0 Å². The number of carbonyl (C=O) groups excluding carboxylic acids is 1. The molecule has 20 heavy (non-hydrogen) atoms. The van der Waals surface area contributed by atoms with E-state index >= 15 is 0 Å². The molecule has 1 aromatic heterocycles. The largest absolute Gasteiger partial charge is 0.422 e. The summed E-state index contributed by atoms with van der Waals surface area (Å²) in [6.07, 6.45) is -4.50. The number of alkyl halides is 3. The van der Waals surface area contributed by atoms with E-state index in [1.54, 1.807) is 0 Å². The maximum atomic E-state index is 12.5. The Kier molecular flexibility index (Phi) is 3.39. The van der Waals surface area contributed by atoms with Gasteiger partial charge < -0.3 is 10.5 Å². The number of halogens is 3. The van der Waals surface area contributed by atoms with Crippen molar-refractivity contribution in [2.45, 2.75) is 6.18 Å². The number of carbonyl (C=O) groups is 1. The van der Waals surface area contributed by atoms with Crippen LogP contribution in [0.4, 0.5) is 19.0 Å². The summed E-state index contributed by atoms with van der Waals surface area (Å²) >= 11 is 0. The number of ether oxygens (including phenoxy) is 1. The summed E-state index contributed by atoms with van der Waals surface area (Å²) in [5.74, 6) is -0.927. The van der Waals surface area contributed by atoms with Gasteiger partial charge in [-0.05, 0) is 18.2 Å². The van der Waals surface area contributed by atoms with Crippen molar-refractivity contribution in [3.8, 4) is 5.75 Å². The zero-order chi connectivity index (χ0) is 14.9. The molecule has 5 nitrogen and oxygen atoms in total. The summed E-state index contributed by atoms with van der Waals surface area (Å²) in [5.41, 5.74) is 4.55.